The van der Waals surface area contributed by atoms with Gasteiger partial charge in [-0.05, 0) is 0 Å². The van der Waals surface area contributed by atoms with E-state index in [9.17, 15) is 5.11 Å². The van der Waals surface area contributed by atoms with Gasteiger partial charge in [0, 0.05) is 27.8 Å². The normalized spacial score (nSPS) is 10.8. The number of rotatable bonds is 7. The van der Waals surface area contributed by atoms with E-state index in [1.165, 1.54) is 11.3 Å². The molecule has 1 N–H and O–H groups in total. The average Bonchev–Trinajstić information content (AvgIpc) is 2.69. The van der Waals surface area contributed by atoms with E-state index in [0.29, 0.717) is 13.2 Å². The Hall–Kier alpha value is -0.690. The number of aromatic nitrogens is 1. The van der Waals surface area contributed by atoms with Gasteiger partial charge in [0.25, 0.3) is 0 Å². The van der Waals surface area contributed by atoms with Crippen molar-refractivity contribution >= 4 is 16.5 Å². The summed E-state index contributed by atoms with van der Waals surface area (Å²) >= 11 is 1.49. The van der Waals surface area contributed by atoms with E-state index in [1.54, 1.807) is 14.2 Å². The van der Waals surface area contributed by atoms with Crippen LogP contribution in [-0.4, -0.2) is 44.5 Å². The zero-order valence-electron chi connectivity index (χ0n) is 9.89. The fourth-order valence-electron chi connectivity index (χ4n) is 1.23. The molecule has 0 unspecified atom stereocenters. The summed E-state index contributed by atoms with van der Waals surface area (Å²) in [4.78, 5) is 7.30. The summed E-state index contributed by atoms with van der Waals surface area (Å²) in [5.41, 5.74) is 0.814. The molecule has 1 heterocycles. The molecular formula is C10H18N2O3S. The molecule has 0 aliphatic rings. The molecule has 92 valence electrons. The summed E-state index contributed by atoms with van der Waals surface area (Å²) < 4.78 is 10.0. The minimum absolute atomic E-state index is 0.00841. The fourth-order valence-corrected chi connectivity index (χ4v) is 2.14. The highest BCUT2D eigenvalue weighted by Gasteiger charge is 2.12. The number of hydrogen-bond acceptors (Lipinski definition) is 6. The van der Waals surface area contributed by atoms with Crippen LogP contribution in [0.2, 0.25) is 0 Å². The summed E-state index contributed by atoms with van der Waals surface area (Å²) in [7, 11) is 5.25. The number of nitrogens with zero attached hydrogens (tertiary/aromatic N) is 2. The van der Waals surface area contributed by atoms with Gasteiger partial charge in [-0.15, -0.1) is 0 Å². The van der Waals surface area contributed by atoms with Crippen molar-refractivity contribution in [2.75, 3.05) is 39.3 Å². The molecule has 0 aromatic carbocycles. The standard InChI is InChI=1S/C10H18N2O3S/c1-12(4-5-14-2)10-11-8(7-15-3)9(6-13)16-10/h13H,4-7H2,1-3H3. The monoisotopic (exact) mass is 246 g/mol. The molecule has 0 aliphatic heterocycles. The Kier molecular flexibility index (Phi) is 5.68. The average molecular weight is 246 g/mol. The summed E-state index contributed by atoms with van der Waals surface area (Å²) in [6.07, 6.45) is 0. The largest absolute Gasteiger partial charge is 0.391 e. The summed E-state index contributed by atoms with van der Waals surface area (Å²) in [5, 5.41) is 10.1. The molecule has 0 amide bonds. The number of ether oxygens (including phenoxy) is 2. The predicted molar refractivity (Wildman–Crippen MR) is 63.9 cm³/mol. The second kappa shape index (κ2) is 6.80. The van der Waals surface area contributed by atoms with Crippen LogP contribution in [0.25, 0.3) is 0 Å². The minimum atomic E-state index is 0.00841. The van der Waals surface area contributed by atoms with Crippen molar-refractivity contribution in [2.24, 2.45) is 0 Å². The first-order valence-corrected chi connectivity index (χ1v) is 5.83. The quantitative estimate of drug-likeness (QED) is 0.773. The van der Waals surface area contributed by atoms with Crippen molar-refractivity contribution in [3.8, 4) is 0 Å². The molecule has 1 aromatic heterocycles. The van der Waals surface area contributed by atoms with Crippen LogP contribution in [0.5, 0.6) is 0 Å². The lowest BCUT2D eigenvalue weighted by atomic mass is 10.4. The van der Waals surface area contributed by atoms with Gasteiger partial charge in [0.1, 0.15) is 0 Å². The molecule has 0 saturated carbocycles. The molecule has 6 heteroatoms. The van der Waals surface area contributed by atoms with Crippen LogP contribution in [0, 0.1) is 0 Å². The number of likely N-dealkylation sites (N-methyl/N-ethyl adjacent to an activating group) is 1. The Morgan fingerprint density at radius 1 is 1.38 bits per heavy atom. The zero-order chi connectivity index (χ0) is 12.0. The van der Waals surface area contributed by atoms with Crippen LogP contribution in [0.3, 0.4) is 0 Å². The van der Waals surface area contributed by atoms with Crippen LogP contribution >= 0.6 is 11.3 Å². The number of anilines is 1. The van der Waals surface area contributed by atoms with E-state index in [-0.39, 0.29) is 6.61 Å². The predicted octanol–water partition coefficient (Wildman–Crippen LogP) is 0.864. The van der Waals surface area contributed by atoms with Gasteiger partial charge >= 0.3 is 0 Å². The second-order valence-electron chi connectivity index (χ2n) is 3.37. The van der Waals surface area contributed by atoms with Gasteiger partial charge in [-0.25, -0.2) is 4.98 Å². The Morgan fingerprint density at radius 2 is 2.12 bits per heavy atom. The van der Waals surface area contributed by atoms with Crippen molar-refractivity contribution in [3.05, 3.63) is 10.6 Å². The summed E-state index contributed by atoms with van der Waals surface area (Å²) in [5.74, 6) is 0. The Labute approximate surface area is 99.6 Å². The molecule has 0 spiro atoms. The first-order valence-electron chi connectivity index (χ1n) is 5.01. The molecule has 0 aliphatic carbocycles. The molecule has 5 nitrogen and oxygen atoms in total. The maximum absolute atomic E-state index is 9.19. The van der Waals surface area contributed by atoms with Crippen molar-refractivity contribution in [3.63, 3.8) is 0 Å². The highest BCUT2D eigenvalue weighted by Crippen LogP contribution is 2.26. The molecule has 1 aromatic rings. The fraction of sp³-hybridized carbons (Fsp3) is 0.700. The van der Waals surface area contributed by atoms with E-state index < -0.39 is 0 Å². The van der Waals surface area contributed by atoms with Gasteiger partial charge in [0.2, 0.25) is 0 Å². The first kappa shape index (κ1) is 13.4. The van der Waals surface area contributed by atoms with Crippen LogP contribution < -0.4 is 4.90 Å². The van der Waals surface area contributed by atoms with Crippen LogP contribution in [-0.2, 0) is 22.7 Å². The third kappa shape index (κ3) is 3.41. The van der Waals surface area contributed by atoms with Crippen LogP contribution in [0.1, 0.15) is 10.6 Å². The Bertz CT molecular complexity index is 317. The smallest absolute Gasteiger partial charge is 0.185 e. The molecule has 1 rings (SSSR count). The SMILES string of the molecule is COCCN(C)c1nc(COC)c(CO)s1. The lowest BCUT2D eigenvalue weighted by Gasteiger charge is -2.14. The molecule has 0 atom stereocenters. The molecule has 0 radical (unpaired) electrons. The number of aliphatic hydroxyl groups is 1. The number of hydrogen-bond donors (Lipinski definition) is 1. The van der Waals surface area contributed by atoms with Gasteiger partial charge in [-0.1, -0.05) is 11.3 Å². The molecule has 0 saturated heterocycles. The van der Waals surface area contributed by atoms with Crippen molar-refractivity contribution < 1.29 is 14.6 Å². The molecule has 0 fully saturated rings. The van der Waals surface area contributed by atoms with Crippen LogP contribution in [0.15, 0.2) is 0 Å². The van der Waals surface area contributed by atoms with Crippen molar-refractivity contribution in [1.82, 2.24) is 4.98 Å². The van der Waals surface area contributed by atoms with Gasteiger partial charge in [0.05, 0.1) is 30.4 Å². The Morgan fingerprint density at radius 3 is 2.69 bits per heavy atom. The highest BCUT2D eigenvalue weighted by molar-refractivity contribution is 7.15. The number of aliphatic hydroxyl groups excluding tert-OH is 1. The maximum Gasteiger partial charge on any atom is 0.185 e. The molecule has 0 bridgehead atoms. The van der Waals surface area contributed by atoms with Crippen molar-refractivity contribution in [2.45, 2.75) is 13.2 Å². The van der Waals surface area contributed by atoms with Gasteiger partial charge in [-0.2, -0.15) is 0 Å². The molecule has 16 heavy (non-hydrogen) atoms. The summed E-state index contributed by atoms with van der Waals surface area (Å²) in [6.45, 7) is 1.88. The zero-order valence-corrected chi connectivity index (χ0v) is 10.7. The van der Waals surface area contributed by atoms with E-state index in [0.717, 1.165) is 22.2 Å². The number of thiazole rings is 1. The van der Waals surface area contributed by atoms with Gasteiger partial charge in [0.15, 0.2) is 5.13 Å². The first-order chi connectivity index (χ1) is 7.72. The third-order valence-corrected chi connectivity index (χ3v) is 3.35. The maximum atomic E-state index is 9.19. The van der Waals surface area contributed by atoms with Crippen LogP contribution in [0.4, 0.5) is 5.13 Å². The van der Waals surface area contributed by atoms with Gasteiger partial charge in [-0.3, -0.25) is 0 Å². The van der Waals surface area contributed by atoms with Crippen molar-refractivity contribution in [1.29, 1.82) is 0 Å². The van der Waals surface area contributed by atoms with E-state index in [4.69, 9.17) is 9.47 Å². The topological polar surface area (TPSA) is 54.8 Å². The highest BCUT2D eigenvalue weighted by atomic mass is 32.1. The minimum Gasteiger partial charge on any atom is -0.391 e. The van der Waals surface area contributed by atoms with E-state index in [1.807, 2.05) is 11.9 Å². The van der Waals surface area contributed by atoms with E-state index >= 15 is 0 Å². The lowest BCUT2D eigenvalue weighted by molar-refractivity contribution is 0.179. The van der Waals surface area contributed by atoms with E-state index in [2.05, 4.69) is 4.98 Å². The lowest BCUT2D eigenvalue weighted by Crippen LogP contribution is -2.21. The summed E-state index contributed by atoms with van der Waals surface area (Å²) in [6, 6.07) is 0. The Balaban J connectivity index is 2.72. The number of methoxy groups -OCH3 is 2. The molecular weight excluding hydrogens is 228 g/mol. The van der Waals surface area contributed by atoms with Gasteiger partial charge < -0.3 is 19.5 Å². The third-order valence-electron chi connectivity index (χ3n) is 2.15. The second-order valence-corrected chi connectivity index (χ2v) is 4.43.